The Morgan fingerprint density at radius 1 is 1.24 bits per heavy atom. The number of aliphatic hydroxyl groups is 2. The number of rotatable bonds is 1. The summed E-state index contributed by atoms with van der Waals surface area (Å²) in [6.07, 6.45) is 2.67. The van der Waals surface area contributed by atoms with E-state index in [1.165, 1.54) is 11.3 Å². The minimum atomic E-state index is -0.273. The van der Waals surface area contributed by atoms with Gasteiger partial charge in [0.05, 0.1) is 30.7 Å². The molecule has 7 rings (SSSR count). The Hall–Kier alpha value is -1.10. The first-order valence-corrected chi connectivity index (χ1v) is 10.0. The van der Waals surface area contributed by atoms with Gasteiger partial charge in [0, 0.05) is 37.4 Å². The van der Waals surface area contributed by atoms with E-state index in [0.717, 1.165) is 23.7 Å². The zero-order valence-electron chi connectivity index (χ0n) is 15.3. The van der Waals surface area contributed by atoms with E-state index in [1.54, 1.807) is 0 Å². The molecular weight excluding hydrogens is 312 g/mol. The minimum Gasteiger partial charge on any atom is -0.392 e. The first-order valence-electron chi connectivity index (χ1n) is 10.0. The van der Waals surface area contributed by atoms with Crippen molar-refractivity contribution >= 4 is 5.69 Å². The number of benzene rings is 1. The van der Waals surface area contributed by atoms with E-state index in [0.29, 0.717) is 35.9 Å². The zero-order chi connectivity index (χ0) is 17.3. The Bertz CT molecular complexity index is 768. The lowest BCUT2D eigenvalue weighted by Gasteiger charge is -2.66. The highest BCUT2D eigenvalue weighted by Gasteiger charge is 2.82. The summed E-state index contributed by atoms with van der Waals surface area (Å²) in [5, 5.41) is 23.1. The molecule has 0 aromatic heterocycles. The fraction of sp³-hybridized carbons (Fsp3) is 0.714. The molecule has 5 fully saturated rings. The molecule has 5 bridgehead atoms. The summed E-state index contributed by atoms with van der Waals surface area (Å²) in [7, 11) is 4.51. The maximum Gasteiger partial charge on any atom is 0.193 e. The molecule has 1 spiro atoms. The summed E-state index contributed by atoms with van der Waals surface area (Å²) in [5.74, 6) is 1.17. The van der Waals surface area contributed by atoms with Gasteiger partial charge in [-0.25, -0.2) is 0 Å². The summed E-state index contributed by atoms with van der Waals surface area (Å²) in [4.78, 5) is 2.44. The van der Waals surface area contributed by atoms with Crippen LogP contribution in [0.2, 0.25) is 0 Å². The number of likely N-dealkylation sites (N-methyl/N-ethyl adjacent to an activating group) is 2. The fourth-order valence-electron chi connectivity index (χ4n) is 8.58. The molecule has 1 aromatic carbocycles. The maximum absolute atomic E-state index is 11.7. The molecule has 4 unspecified atom stereocenters. The lowest BCUT2D eigenvalue weighted by atomic mass is 9.61. The van der Waals surface area contributed by atoms with Crippen LogP contribution < -0.4 is 4.90 Å². The van der Waals surface area contributed by atoms with Crippen LogP contribution in [0.25, 0.3) is 0 Å². The van der Waals surface area contributed by atoms with Gasteiger partial charge in [0.2, 0.25) is 0 Å². The molecule has 4 saturated heterocycles. The minimum absolute atomic E-state index is 0.125. The Morgan fingerprint density at radius 2 is 2.00 bits per heavy atom. The first-order chi connectivity index (χ1) is 12.0. The molecule has 0 radical (unpaired) electrons. The van der Waals surface area contributed by atoms with Crippen molar-refractivity contribution in [3.05, 3.63) is 29.8 Å². The van der Waals surface area contributed by atoms with E-state index in [9.17, 15) is 10.2 Å². The Morgan fingerprint density at radius 3 is 2.76 bits per heavy atom. The van der Waals surface area contributed by atoms with Crippen molar-refractivity contribution in [2.24, 2.45) is 17.8 Å². The Balaban J connectivity index is 1.63. The molecule has 6 aliphatic rings. The van der Waals surface area contributed by atoms with Gasteiger partial charge in [-0.1, -0.05) is 25.1 Å². The van der Waals surface area contributed by atoms with Gasteiger partial charge in [-0.2, -0.15) is 0 Å². The molecule has 25 heavy (non-hydrogen) atoms. The summed E-state index contributed by atoms with van der Waals surface area (Å²) in [6.45, 7) is 2.21. The Labute approximate surface area is 149 Å². The summed E-state index contributed by atoms with van der Waals surface area (Å²) < 4.78 is 0.779. The lowest BCUT2D eigenvalue weighted by molar-refractivity contribution is -1.02. The van der Waals surface area contributed by atoms with Crippen LogP contribution in [0.5, 0.6) is 0 Å². The maximum atomic E-state index is 11.7. The lowest BCUT2D eigenvalue weighted by Crippen LogP contribution is -2.81. The number of quaternary nitrogens is 1. The highest BCUT2D eigenvalue weighted by molar-refractivity contribution is 5.66. The van der Waals surface area contributed by atoms with E-state index >= 15 is 0 Å². The van der Waals surface area contributed by atoms with E-state index < -0.39 is 0 Å². The number of fused-ring (bicyclic) bond motifs is 2. The van der Waals surface area contributed by atoms with Crippen LogP contribution in [0.3, 0.4) is 0 Å². The predicted octanol–water partition coefficient (Wildman–Crippen LogP) is 1.70. The van der Waals surface area contributed by atoms with Crippen LogP contribution in [0.15, 0.2) is 24.3 Å². The van der Waals surface area contributed by atoms with Gasteiger partial charge in [-0.3, -0.25) is 4.48 Å². The number of anilines is 1. The molecule has 5 heterocycles. The highest BCUT2D eigenvalue weighted by Crippen LogP contribution is 2.70. The van der Waals surface area contributed by atoms with Crippen LogP contribution in [0, 0.1) is 17.8 Å². The number of para-hydroxylation sites is 1. The number of nitrogens with zero attached hydrogens (tertiary/aromatic N) is 2. The average molecular weight is 341 g/mol. The summed E-state index contributed by atoms with van der Waals surface area (Å²) in [6, 6.07) is 9.87. The van der Waals surface area contributed by atoms with E-state index in [2.05, 4.69) is 50.2 Å². The van der Waals surface area contributed by atoms with Crippen molar-refractivity contribution in [3.63, 3.8) is 0 Å². The molecule has 5 aliphatic heterocycles. The third-order valence-corrected chi connectivity index (χ3v) is 9.39. The topological polar surface area (TPSA) is 43.7 Å². The molecule has 1 aromatic rings. The van der Waals surface area contributed by atoms with Crippen molar-refractivity contribution < 1.29 is 14.7 Å². The van der Waals surface area contributed by atoms with Gasteiger partial charge >= 0.3 is 0 Å². The molecule has 4 heteroatoms. The molecule has 1 aliphatic carbocycles. The van der Waals surface area contributed by atoms with Crippen LogP contribution >= 0.6 is 0 Å². The molecular formula is C21H29N2O2+. The normalized spacial score (nSPS) is 57.1. The molecule has 10 atom stereocenters. The molecule has 2 N–H and O–H groups in total. The van der Waals surface area contributed by atoms with Crippen molar-refractivity contribution in [2.75, 3.05) is 19.0 Å². The van der Waals surface area contributed by atoms with Crippen LogP contribution in [0.4, 0.5) is 5.69 Å². The highest BCUT2D eigenvalue weighted by atomic mass is 16.3. The second-order valence-corrected chi connectivity index (χ2v) is 9.58. The number of piperidine rings is 4. The smallest absolute Gasteiger partial charge is 0.193 e. The number of aliphatic hydroxyl groups excluding tert-OH is 2. The number of hydrogen-bond donors (Lipinski definition) is 2. The van der Waals surface area contributed by atoms with E-state index in [1.807, 2.05) is 0 Å². The largest absolute Gasteiger partial charge is 0.392 e. The van der Waals surface area contributed by atoms with Crippen molar-refractivity contribution in [1.29, 1.82) is 0 Å². The summed E-state index contributed by atoms with van der Waals surface area (Å²) >= 11 is 0. The van der Waals surface area contributed by atoms with Crippen molar-refractivity contribution in [1.82, 2.24) is 0 Å². The van der Waals surface area contributed by atoms with Crippen LogP contribution in [0.1, 0.15) is 31.7 Å². The summed E-state index contributed by atoms with van der Waals surface area (Å²) in [5.41, 5.74) is 2.54. The first kappa shape index (κ1) is 15.0. The van der Waals surface area contributed by atoms with Crippen LogP contribution in [-0.4, -0.2) is 59.2 Å². The monoisotopic (exact) mass is 341 g/mol. The third-order valence-electron chi connectivity index (χ3n) is 9.39. The second kappa shape index (κ2) is 4.24. The van der Waals surface area contributed by atoms with Crippen LogP contribution in [-0.2, 0) is 5.41 Å². The van der Waals surface area contributed by atoms with Gasteiger partial charge in [-0.15, -0.1) is 0 Å². The number of hydrogen-bond acceptors (Lipinski definition) is 3. The van der Waals surface area contributed by atoms with E-state index in [-0.39, 0.29) is 17.7 Å². The van der Waals surface area contributed by atoms with E-state index in [4.69, 9.17) is 0 Å². The quantitative estimate of drug-likeness (QED) is 0.764. The molecule has 1 saturated carbocycles. The second-order valence-electron chi connectivity index (χ2n) is 9.58. The average Bonchev–Trinajstić information content (AvgIpc) is 2.99. The Kier molecular flexibility index (Phi) is 2.54. The SMILES string of the molecule is CC[C@H]1C2C[C@H]3[C@@H]4N(C)c5ccccc5C45C[C@@H](C2[C@H]5O)[N+]3(C)[C@@H]1O. The van der Waals surface area contributed by atoms with Gasteiger partial charge in [-0.05, 0) is 24.0 Å². The molecule has 4 nitrogen and oxygen atoms in total. The molecule has 0 amide bonds. The predicted molar refractivity (Wildman–Crippen MR) is 96.1 cm³/mol. The van der Waals surface area contributed by atoms with Crippen molar-refractivity contribution in [2.45, 2.75) is 62.1 Å². The zero-order valence-corrected chi connectivity index (χ0v) is 15.3. The fourth-order valence-corrected chi connectivity index (χ4v) is 8.58. The standard InChI is InChI=1S/C21H29N2O2/c1-4-11-12-9-15-18-21(13-7-5-6-8-14(13)22(18)2)10-16(17(12)19(21)24)23(15,3)20(11)25/h5-8,11-12,15-20,24-25H,4,9-10H2,1-3H3/q+1/t11-,12?,15-,16-,17?,18-,19+,20+,21?,23?/m0/s1. The molecule has 134 valence electrons. The van der Waals surface area contributed by atoms with Gasteiger partial charge < -0.3 is 15.1 Å². The van der Waals surface area contributed by atoms with Gasteiger partial charge in [0.15, 0.2) is 6.23 Å². The van der Waals surface area contributed by atoms with Crippen molar-refractivity contribution in [3.8, 4) is 0 Å². The third kappa shape index (κ3) is 1.27. The van der Waals surface area contributed by atoms with Gasteiger partial charge in [0.1, 0.15) is 6.04 Å². The van der Waals surface area contributed by atoms with Gasteiger partial charge in [0.25, 0.3) is 0 Å².